The molecule has 7 heteroatoms. The third kappa shape index (κ3) is 4.78. The highest BCUT2D eigenvalue weighted by Gasteiger charge is 2.11. The highest BCUT2D eigenvalue weighted by molar-refractivity contribution is 7.13. The molecule has 2 aromatic carbocycles. The number of nitrogens with one attached hydrogen (secondary N) is 1. The Morgan fingerprint density at radius 1 is 1.11 bits per heavy atom. The van der Waals surface area contributed by atoms with Gasteiger partial charge in [0.2, 0.25) is 0 Å². The number of halogens is 1. The first-order valence-corrected chi connectivity index (χ1v) is 9.57. The zero-order valence-electron chi connectivity index (χ0n) is 15.0. The molecule has 0 aliphatic heterocycles. The Morgan fingerprint density at radius 3 is 2.56 bits per heavy atom. The van der Waals surface area contributed by atoms with Crippen LogP contribution in [0.15, 0.2) is 47.8 Å². The maximum absolute atomic E-state index is 12.3. The molecule has 140 valence electrons. The number of carbonyl (C=O) groups excluding carboxylic acids is 1. The lowest BCUT2D eigenvalue weighted by atomic mass is 10.2. The van der Waals surface area contributed by atoms with Crippen LogP contribution in [0.1, 0.15) is 16.1 Å². The van der Waals surface area contributed by atoms with E-state index in [9.17, 15) is 4.79 Å². The minimum atomic E-state index is -0.163. The van der Waals surface area contributed by atoms with Gasteiger partial charge in [-0.05, 0) is 30.3 Å². The molecule has 3 rings (SSSR count). The van der Waals surface area contributed by atoms with Gasteiger partial charge < -0.3 is 14.8 Å². The number of rotatable bonds is 7. The second-order valence-electron chi connectivity index (χ2n) is 5.73. The molecule has 0 radical (unpaired) electrons. The molecule has 0 saturated heterocycles. The van der Waals surface area contributed by atoms with Crippen LogP contribution in [-0.4, -0.2) is 31.7 Å². The maximum Gasteiger partial charge on any atom is 0.251 e. The SMILES string of the molecule is COc1ccc(C(=O)NCCc2csc(-c3ccc(Cl)cc3)n2)cc1OC. The number of carbonyl (C=O) groups is 1. The second kappa shape index (κ2) is 8.88. The summed E-state index contributed by atoms with van der Waals surface area (Å²) in [6.07, 6.45) is 0.656. The van der Waals surface area contributed by atoms with Gasteiger partial charge >= 0.3 is 0 Å². The second-order valence-corrected chi connectivity index (χ2v) is 7.02. The molecule has 1 aromatic heterocycles. The Labute approximate surface area is 166 Å². The molecular weight excluding hydrogens is 384 g/mol. The van der Waals surface area contributed by atoms with Gasteiger partial charge in [0.15, 0.2) is 11.5 Å². The number of benzene rings is 2. The van der Waals surface area contributed by atoms with Crippen LogP contribution in [0.5, 0.6) is 11.5 Å². The molecule has 0 spiro atoms. The number of hydrogen-bond acceptors (Lipinski definition) is 5. The summed E-state index contributed by atoms with van der Waals surface area (Å²) >= 11 is 7.49. The molecule has 0 unspecified atom stereocenters. The van der Waals surface area contributed by atoms with Crippen molar-refractivity contribution in [2.75, 3.05) is 20.8 Å². The van der Waals surface area contributed by atoms with Crippen molar-refractivity contribution >= 4 is 28.8 Å². The normalized spacial score (nSPS) is 10.5. The number of amides is 1. The van der Waals surface area contributed by atoms with E-state index < -0.39 is 0 Å². The Kier molecular flexibility index (Phi) is 6.32. The van der Waals surface area contributed by atoms with Crippen LogP contribution in [0.3, 0.4) is 0 Å². The highest BCUT2D eigenvalue weighted by atomic mass is 35.5. The number of ether oxygens (including phenoxy) is 2. The van der Waals surface area contributed by atoms with Crippen LogP contribution >= 0.6 is 22.9 Å². The summed E-state index contributed by atoms with van der Waals surface area (Å²) in [5.74, 6) is 0.951. The molecule has 1 N–H and O–H groups in total. The van der Waals surface area contributed by atoms with Gasteiger partial charge in [0.05, 0.1) is 19.9 Å². The van der Waals surface area contributed by atoms with Crippen molar-refractivity contribution in [1.29, 1.82) is 0 Å². The summed E-state index contributed by atoms with van der Waals surface area (Å²) in [5, 5.41) is 6.55. The minimum absolute atomic E-state index is 0.163. The number of thiazole rings is 1. The lowest BCUT2D eigenvalue weighted by Crippen LogP contribution is -2.25. The topological polar surface area (TPSA) is 60.5 Å². The van der Waals surface area contributed by atoms with Gasteiger partial charge in [-0.3, -0.25) is 4.79 Å². The zero-order chi connectivity index (χ0) is 19.2. The molecule has 1 heterocycles. The van der Waals surface area contributed by atoms with E-state index in [1.165, 1.54) is 0 Å². The molecule has 3 aromatic rings. The lowest BCUT2D eigenvalue weighted by molar-refractivity contribution is 0.0953. The zero-order valence-corrected chi connectivity index (χ0v) is 16.6. The van der Waals surface area contributed by atoms with Gasteiger partial charge in [-0.2, -0.15) is 0 Å². The van der Waals surface area contributed by atoms with E-state index in [-0.39, 0.29) is 5.91 Å². The fourth-order valence-electron chi connectivity index (χ4n) is 2.53. The fourth-order valence-corrected chi connectivity index (χ4v) is 3.52. The average Bonchev–Trinajstić information content (AvgIpc) is 3.16. The highest BCUT2D eigenvalue weighted by Crippen LogP contribution is 2.27. The monoisotopic (exact) mass is 402 g/mol. The van der Waals surface area contributed by atoms with Gasteiger partial charge in [0.25, 0.3) is 5.91 Å². The van der Waals surface area contributed by atoms with Crippen LogP contribution in [0.4, 0.5) is 0 Å². The third-order valence-corrected chi connectivity index (χ3v) is 5.15. The van der Waals surface area contributed by atoms with Crippen LogP contribution in [-0.2, 0) is 6.42 Å². The Bertz CT molecular complexity index is 925. The van der Waals surface area contributed by atoms with E-state index in [1.54, 1.807) is 43.8 Å². The van der Waals surface area contributed by atoms with Crippen molar-refractivity contribution in [3.63, 3.8) is 0 Å². The summed E-state index contributed by atoms with van der Waals surface area (Å²) in [6.45, 7) is 0.497. The van der Waals surface area contributed by atoms with E-state index in [2.05, 4.69) is 10.3 Å². The summed E-state index contributed by atoms with van der Waals surface area (Å²) < 4.78 is 10.4. The first-order chi connectivity index (χ1) is 13.1. The molecule has 27 heavy (non-hydrogen) atoms. The third-order valence-electron chi connectivity index (χ3n) is 3.96. The van der Waals surface area contributed by atoms with Crippen LogP contribution in [0.25, 0.3) is 10.6 Å². The number of hydrogen-bond donors (Lipinski definition) is 1. The largest absolute Gasteiger partial charge is 0.493 e. The summed E-state index contributed by atoms with van der Waals surface area (Å²) in [4.78, 5) is 16.9. The minimum Gasteiger partial charge on any atom is -0.493 e. The molecule has 0 atom stereocenters. The summed E-state index contributed by atoms with van der Waals surface area (Å²) in [5.41, 5.74) is 2.50. The number of nitrogens with zero attached hydrogens (tertiary/aromatic N) is 1. The Balaban J connectivity index is 1.57. The predicted molar refractivity (Wildman–Crippen MR) is 108 cm³/mol. The van der Waals surface area contributed by atoms with E-state index in [1.807, 2.05) is 29.6 Å². The lowest BCUT2D eigenvalue weighted by Gasteiger charge is -2.09. The first-order valence-electron chi connectivity index (χ1n) is 8.31. The molecule has 0 fully saturated rings. The van der Waals surface area contributed by atoms with Crippen LogP contribution < -0.4 is 14.8 Å². The van der Waals surface area contributed by atoms with Gasteiger partial charge in [-0.1, -0.05) is 23.7 Å². The van der Waals surface area contributed by atoms with Crippen LogP contribution in [0.2, 0.25) is 5.02 Å². The Morgan fingerprint density at radius 2 is 1.85 bits per heavy atom. The van der Waals surface area contributed by atoms with E-state index >= 15 is 0 Å². The van der Waals surface area contributed by atoms with Crippen molar-refractivity contribution in [3.8, 4) is 22.1 Å². The molecule has 5 nitrogen and oxygen atoms in total. The van der Waals surface area contributed by atoms with Gasteiger partial charge in [-0.25, -0.2) is 4.98 Å². The molecule has 0 bridgehead atoms. The summed E-state index contributed by atoms with van der Waals surface area (Å²) in [7, 11) is 3.10. The van der Waals surface area contributed by atoms with Crippen molar-refractivity contribution in [2.24, 2.45) is 0 Å². The standard InChI is InChI=1S/C20H19ClN2O3S/c1-25-17-8-5-14(11-18(17)26-2)19(24)22-10-9-16-12-27-20(23-16)13-3-6-15(21)7-4-13/h3-8,11-12H,9-10H2,1-2H3,(H,22,24). The van der Waals surface area contributed by atoms with Crippen LogP contribution in [0, 0.1) is 0 Å². The average molecular weight is 403 g/mol. The smallest absolute Gasteiger partial charge is 0.251 e. The maximum atomic E-state index is 12.3. The first kappa shape index (κ1) is 19.2. The summed E-state index contributed by atoms with van der Waals surface area (Å²) in [6, 6.07) is 12.7. The predicted octanol–water partition coefficient (Wildman–Crippen LogP) is 4.45. The molecule has 0 aliphatic rings. The molecule has 0 aliphatic carbocycles. The van der Waals surface area contributed by atoms with Crippen molar-refractivity contribution in [2.45, 2.75) is 6.42 Å². The quantitative estimate of drug-likeness (QED) is 0.634. The number of methoxy groups -OCH3 is 2. The van der Waals surface area contributed by atoms with E-state index in [0.717, 1.165) is 16.3 Å². The number of aromatic nitrogens is 1. The van der Waals surface area contributed by atoms with Crippen molar-refractivity contribution < 1.29 is 14.3 Å². The van der Waals surface area contributed by atoms with Crippen molar-refractivity contribution in [1.82, 2.24) is 10.3 Å². The van der Waals surface area contributed by atoms with E-state index in [0.29, 0.717) is 35.1 Å². The molecular formula is C20H19ClN2O3S. The fraction of sp³-hybridized carbons (Fsp3) is 0.200. The Hall–Kier alpha value is -2.57. The molecule has 0 saturated carbocycles. The van der Waals surface area contributed by atoms with Gasteiger partial charge in [0.1, 0.15) is 5.01 Å². The van der Waals surface area contributed by atoms with Gasteiger partial charge in [0, 0.05) is 34.5 Å². The molecule has 1 amide bonds. The van der Waals surface area contributed by atoms with E-state index in [4.69, 9.17) is 21.1 Å². The van der Waals surface area contributed by atoms with Crippen molar-refractivity contribution in [3.05, 3.63) is 64.1 Å². The van der Waals surface area contributed by atoms with Gasteiger partial charge in [-0.15, -0.1) is 11.3 Å².